The SMILES string of the molecule is CCC1CCC(NCCOC)(c2nc(C)c(C)s2)C1. The third-order valence-electron chi connectivity index (χ3n) is 4.40. The van der Waals surface area contributed by atoms with Crippen molar-refractivity contribution in [2.75, 3.05) is 20.3 Å². The Kier molecular flexibility index (Phi) is 4.98. The van der Waals surface area contributed by atoms with Gasteiger partial charge in [0.05, 0.1) is 17.8 Å². The molecule has 1 aliphatic rings. The molecule has 1 heterocycles. The van der Waals surface area contributed by atoms with Crippen molar-refractivity contribution in [3.63, 3.8) is 0 Å². The van der Waals surface area contributed by atoms with Gasteiger partial charge in [-0.3, -0.25) is 0 Å². The molecule has 0 radical (unpaired) electrons. The van der Waals surface area contributed by atoms with Crippen molar-refractivity contribution in [1.29, 1.82) is 0 Å². The molecule has 1 aliphatic carbocycles. The van der Waals surface area contributed by atoms with E-state index in [1.165, 1.54) is 41.3 Å². The van der Waals surface area contributed by atoms with Crippen molar-refractivity contribution in [3.8, 4) is 0 Å². The number of thiazole rings is 1. The van der Waals surface area contributed by atoms with Crippen LogP contribution in [0.3, 0.4) is 0 Å². The number of hydrogen-bond donors (Lipinski definition) is 1. The Labute approximate surface area is 120 Å². The minimum atomic E-state index is 0.100. The molecule has 1 aromatic rings. The van der Waals surface area contributed by atoms with E-state index in [0.717, 1.165) is 19.1 Å². The van der Waals surface area contributed by atoms with E-state index in [4.69, 9.17) is 9.72 Å². The highest BCUT2D eigenvalue weighted by Gasteiger charge is 2.41. The van der Waals surface area contributed by atoms with Gasteiger partial charge in [-0.2, -0.15) is 0 Å². The lowest BCUT2D eigenvalue weighted by molar-refractivity contribution is 0.182. The number of methoxy groups -OCH3 is 1. The van der Waals surface area contributed by atoms with Crippen molar-refractivity contribution in [3.05, 3.63) is 15.6 Å². The third kappa shape index (κ3) is 3.18. The van der Waals surface area contributed by atoms with Gasteiger partial charge < -0.3 is 10.1 Å². The Hall–Kier alpha value is -0.450. The smallest absolute Gasteiger partial charge is 0.113 e. The first kappa shape index (κ1) is 14.9. The second-order valence-corrected chi connectivity index (χ2v) is 6.88. The fourth-order valence-corrected chi connectivity index (χ4v) is 4.11. The number of aryl methyl sites for hydroxylation is 2. The molecule has 4 heteroatoms. The van der Waals surface area contributed by atoms with E-state index in [2.05, 4.69) is 26.1 Å². The molecule has 0 aliphatic heterocycles. The average molecular weight is 282 g/mol. The predicted octanol–water partition coefficient (Wildman–Crippen LogP) is 3.40. The summed E-state index contributed by atoms with van der Waals surface area (Å²) in [7, 11) is 1.76. The molecule has 2 rings (SSSR count). The molecule has 0 bridgehead atoms. The zero-order chi connectivity index (χ0) is 13.9. The number of ether oxygens (including phenoxy) is 1. The third-order valence-corrected chi connectivity index (χ3v) is 5.68. The quantitative estimate of drug-likeness (QED) is 0.812. The molecule has 1 fully saturated rings. The van der Waals surface area contributed by atoms with Gasteiger partial charge in [0, 0.05) is 18.5 Å². The minimum Gasteiger partial charge on any atom is -0.383 e. The van der Waals surface area contributed by atoms with Gasteiger partial charge in [-0.05, 0) is 39.0 Å². The number of nitrogens with zero attached hydrogens (tertiary/aromatic N) is 1. The van der Waals surface area contributed by atoms with Crippen LogP contribution in [0.25, 0.3) is 0 Å². The summed E-state index contributed by atoms with van der Waals surface area (Å²) in [4.78, 5) is 6.18. The molecular formula is C15H26N2OS. The van der Waals surface area contributed by atoms with E-state index >= 15 is 0 Å². The molecule has 0 saturated heterocycles. The summed E-state index contributed by atoms with van der Waals surface area (Å²) in [5.41, 5.74) is 1.29. The Morgan fingerprint density at radius 2 is 2.26 bits per heavy atom. The van der Waals surface area contributed by atoms with Gasteiger partial charge in [0.1, 0.15) is 5.01 Å². The molecule has 0 aromatic carbocycles. The van der Waals surface area contributed by atoms with Crippen LogP contribution < -0.4 is 5.32 Å². The molecule has 1 N–H and O–H groups in total. The van der Waals surface area contributed by atoms with Crippen molar-refractivity contribution >= 4 is 11.3 Å². The zero-order valence-corrected chi connectivity index (χ0v) is 13.4. The van der Waals surface area contributed by atoms with Crippen LogP contribution in [0, 0.1) is 19.8 Å². The summed E-state index contributed by atoms with van der Waals surface area (Å²) in [5.74, 6) is 0.833. The van der Waals surface area contributed by atoms with Crippen LogP contribution in [-0.2, 0) is 10.3 Å². The van der Waals surface area contributed by atoms with Gasteiger partial charge >= 0.3 is 0 Å². The predicted molar refractivity (Wildman–Crippen MR) is 80.8 cm³/mol. The standard InChI is InChI=1S/C15H26N2OS/c1-5-13-6-7-15(10-13,16-8-9-18-4)14-17-11(2)12(3)19-14/h13,16H,5-10H2,1-4H3. The van der Waals surface area contributed by atoms with Crippen LogP contribution in [0.15, 0.2) is 0 Å². The second kappa shape index (κ2) is 6.33. The van der Waals surface area contributed by atoms with Gasteiger partial charge in [0.2, 0.25) is 0 Å². The number of rotatable bonds is 6. The van der Waals surface area contributed by atoms with Crippen LogP contribution in [0.4, 0.5) is 0 Å². The molecule has 108 valence electrons. The van der Waals surface area contributed by atoms with Crippen molar-refractivity contribution in [2.24, 2.45) is 5.92 Å². The van der Waals surface area contributed by atoms with Crippen LogP contribution in [0.5, 0.6) is 0 Å². The Bertz CT molecular complexity index is 399. The maximum absolute atomic E-state index is 5.19. The molecule has 1 saturated carbocycles. The molecule has 2 atom stereocenters. The number of hydrogen-bond acceptors (Lipinski definition) is 4. The molecule has 1 aromatic heterocycles. The largest absolute Gasteiger partial charge is 0.383 e. The summed E-state index contributed by atoms with van der Waals surface area (Å²) < 4.78 is 5.19. The molecule has 3 nitrogen and oxygen atoms in total. The van der Waals surface area contributed by atoms with Gasteiger partial charge in [-0.25, -0.2) is 4.98 Å². The minimum absolute atomic E-state index is 0.100. The Balaban J connectivity index is 2.19. The van der Waals surface area contributed by atoms with E-state index in [1.54, 1.807) is 7.11 Å². The lowest BCUT2D eigenvalue weighted by atomic mass is 9.95. The van der Waals surface area contributed by atoms with Crippen LogP contribution in [-0.4, -0.2) is 25.2 Å². The Morgan fingerprint density at radius 1 is 1.47 bits per heavy atom. The van der Waals surface area contributed by atoms with E-state index in [0.29, 0.717) is 0 Å². The lowest BCUT2D eigenvalue weighted by Gasteiger charge is -2.29. The van der Waals surface area contributed by atoms with Crippen LogP contribution in [0.1, 0.15) is 48.2 Å². The number of nitrogens with one attached hydrogen (secondary N) is 1. The van der Waals surface area contributed by atoms with E-state index in [9.17, 15) is 0 Å². The summed E-state index contributed by atoms with van der Waals surface area (Å²) in [6, 6.07) is 0. The highest BCUT2D eigenvalue weighted by Crippen LogP contribution is 2.44. The summed E-state index contributed by atoms with van der Waals surface area (Å²) in [6.45, 7) is 8.26. The normalized spacial score (nSPS) is 27.1. The highest BCUT2D eigenvalue weighted by molar-refractivity contribution is 7.11. The first-order valence-corrected chi connectivity index (χ1v) is 8.11. The van der Waals surface area contributed by atoms with Gasteiger partial charge in [-0.1, -0.05) is 13.3 Å². The lowest BCUT2D eigenvalue weighted by Crippen LogP contribution is -2.42. The van der Waals surface area contributed by atoms with Crippen molar-refractivity contribution in [2.45, 2.75) is 52.0 Å². The first-order valence-electron chi connectivity index (χ1n) is 7.29. The van der Waals surface area contributed by atoms with Crippen molar-refractivity contribution < 1.29 is 4.74 Å². The van der Waals surface area contributed by atoms with Gasteiger partial charge in [0.25, 0.3) is 0 Å². The number of aromatic nitrogens is 1. The van der Waals surface area contributed by atoms with Gasteiger partial charge in [-0.15, -0.1) is 11.3 Å². The molecule has 0 spiro atoms. The summed E-state index contributed by atoms with van der Waals surface area (Å²) >= 11 is 1.87. The second-order valence-electron chi connectivity index (χ2n) is 5.68. The Morgan fingerprint density at radius 3 is 2.79 bits per heavy atom. The fraction of sp³-hybridized carbons (Fsp3) is 0.800. The molecule has 19 heavy (non-hydrogen) atoms. The van der Waals surface area contributed by atoms with E-state index < -0.39 is 0 Å². The maximum atomic E-state index is 5.19. The fourth-order valence-electron chi connectivity index (χ4n) is 3.00. The summed E-state index contributed by atoms with van der Waals surface area (Å²) in [6.07, 6.45) is 5.02. The highest BCUT2D eigenvalue weighted by atomic mass is 32.1. The van der Waals surface area contributed by atoms with Crippen molar-refractivity contribution in [1.82, 2.24) is 10.3 Å². The van der Waals surface area contributed by atoms with E-state index in [-0.39, 0.29) is 5.54 Å². The van der Waals surface area contributed by atoms with E-state index in [1.807, 2.05) is 11.3 Å². The zero-order valence-electron chi connectivity index (χ0n) is 12.6. The first-order chi connectivity index (χ1) is 9.11. The topological polar surface area (TPSA) is 34.1 Å². The van der Waals surface area contributed by atoms with Gasteiger partial charge in [0.15, 0.2) is 0 Å². The average Bonchev–Trinajstić information content (AvgIpc) is 2.96. The monoisotopic (exact) mass is 282 g/mol. The maximum Gasteiger partial charge on any atom is 0.113 e. The van der Waals surface area contributed by atoms with Crippen LogP contribution in [0.2, 0.25) is 0 Å². The summed E-state index contributed by atoms with van der Waals surface area (Å²) in [5, 5.41) is 5.03. The molecular weight excluding hydrogens is 256 g/mol. The molecule has 2 unspecified atom stereocenters. The van der Waals surface area contributed by atoms with Crippen LogP contribution >= 0.6 is 11.3 Å². The molecule has 0 amide bonds.